The number of nitrogens with zero attached hydrogens (tertiary/aromatic N) is 3. The zero-order chi connectivity index (χ0) is 8.81. The summed E-state index contributed by atoms with van der Waals surface area (Å²) in [5, 5.41) is 0. The Labute approximate surface area is 70.8 Å². The molecule has 1 heterocycles. The molecular formula is C7H11N3O2. The van der Waals surface area contributed by atoms with E-state index >= 15 is 0 Å². The maximum Gasteiger partial charge on any atom is 0.321 e. The quantitative estimate of drug-likeness (QED) is 0.619. The van der Waals surface area contributed by atoms with Crippen molar-refractivity contribution in [2.24, 2.45) is 0 Å². The molecular weight excluding hydrogens is 158 g/mol. The molecule has 12 heavy (non-hydrogen) atoms. The smallest absolute Gasteiger partial charge is 0.321 e. The van der Waals surface area contributed by atoms with Crippen LogP contribution < -0.4 is 4.74 Å². The maximum atomic E-state index is 5.17. The molecule has 1 aromatic heterocycles. The van der Waals surface area contributed by atoms with Crippen LogP contribution in [0, 0.1) is 0 Å². The van der Waals surface area contributed by atoms with Gasteiger partial charge in [-0.3, -0.25) is 0 Å². The molecule has 0 radical (unpaired) electrons. The van der Waals surface area contributed by atoms with Crippen LogP contribution in [-0.4, -0.2) is 27.8 Å². The van der Waals surface area contributed by atoms with Gasteiger partial charge in [0, 0.05) is 6.61 Å². The molecule has 1 rings (SSSR count). The topological polar surface area (TPSA) is 57.1 Å². The van der Waals surface area contributed by atoms with E-state index in [1.165, 1.54) is 12.7 Å². The number of hydrogen-bond acceptors (Lipinski definition) is 5. The average Bonchev–Trinajstić information content (AvgIpc) is 2.06. The SMILES string of the molecule is CCOC(C)Oc1ncncn1. The van der Waals surface area contributed by atoms with E-state index in [4.69, 9.17) is 9.47 Å². The summed E-state index contributed by atoms with van der Waals surface area (Å²) < 4.78 is 10.3. The predicted octanol–water partition coefficient (Wildman–Crippen LogP) is 0.633. The van der Waals surface area contributed by atoms with Crippen molar-refractivity contribution >= 4 is 0 Å². The Balaban J connectivity index is 2.41. The molecule has 0 aliphatic rings. The van der Waals surface area contributed by atoms with Crippen LogP contribution in [-0.2, 0) is 4.74 Å². The normalized spacial score (nSPS) is 12.5. The van der Waals surface area contributed by atoms with E-state index in [1.807, 2.05) is 6.92 Å². The summed E-state index contributed by atoms with van der Waals surface area (Å²) >= 11 is 0. The summed E-state index contributed by atoms with van der Waals surface area (Å²) in [6, 6.07) is 0.283. The Morgan fingerprint density at radius 3 is 2.67 bits per heavy atom. The highest BCUT2D eigenvalue weighted by Gasteiger charge is 2.03. The highest BCUT2D eigenvalue weighted by Crippen LogP contribution is 2.01. The number of hydrogen-bond donors (Lipinski definition) is 0. The van der Waals surface area contributed by atoms with E-state index in [0.29, 0.717) is 6.61 Å². The Kier molecular flexibility index (Phi) is 3.40. The van der Waals surface area contributed by atoms with Gasteiger partial charge in [0.2, 0.25) is 0 Å². The van der Waals surface area contributed by atoms with Gasteiger partial charge in [0.1, 0.15) is 12.7 Å². The molecule has 0 amide bonds. The number of ether oxygens (including phenoxy) is 2. The standard InChI is InChI=1S/C7H11N3O2/c1-3-11-6(2)12-7-9-4-8-5-10-7/h4-6H,3H2,1-2H3. The highest BCUT2D eigenvalue weighted by atomic mass is 16.7. The van der Waals surface area contributed by atoms with E-state index in [2.05, 4.69) is 15.0 Å². The van der Waals surface area contributed by atoms with Crippen molar-refractivity contribution in [3.8, 4) is 6.01 Å². The van der Waals surface area contributed by atoms with Crippen LogP contribution in [0.1, 0.15) is 13.8 Å². The van der Waals surface area contributed by atoms with Crippen molar-refractivity contribution in [1.29, 1.82) is 0 Å². The summed E-state index contributed by atoms with van der Waals surface area (Å²) in [5.41, 5.74) is 0. The molecule has 0 N–H and O–H groups in total. The maximum absolute atomic E-state index is 5.17. The lowest BCUT2D eigenvalue weighted by molar-refractivity contribution is -0.0663. The summed E-state index contributed by atoms with van der Waals surface area (Å²) in [4.78, 5) is 11.2. The van der Waals surface area contributed by atoms with Crippen LogP contribution in [0.3, 0.4) is 0 Å². The van der Waals surface area contributed by atoms with Gasteiger partial charge >= 0.3 is 6.01 Å². The Morgan fingerprint density at radius 2 is 2.08 bits per heavy atom. The summed E-state index contributed by atoms with van der Waals surface area (Å²) in [7, 11) is 0. The van der Waals surface area contributed by atoms with Crippen LogP contribution in [0.5, 0.6) is 6.01 Å². The molecule has 1 aromatic rings. The first kappa shape index (κ1) is 8.86. The first-order chi connectivity index (χ1) is 5.83. The van der Waals surface area contributed by atoms with Gasteiger partial charge in [-0.2, -0.15) is 9.97 Å². The minimum Gasteiger partial charge on any atom is -0.434 e. The van der Waals surface area contributed by atoms with Crippen molar-refractivity contribution in [3.63, 3.8) is 0 Å². The van der Waals surface area contributed by atoms with Crippen molar-refractivity contribution in [2.45, 2.75) is 20.1 Å². The molecule has 5 nitrogen and oxygen atoms in total. The van der Waals surface area contributed by atoms with E-state index in [1.54, 1.807) is 6.92 Å². The molecule has 0 fully saturated rings. The van der Waals surface area contributed by atoms with Gasteiger partial charge in [0.15, 0.2) is 6.29 Å². The molecule has 5 heteroatoms. The second kappa shape index (κ2) is 4.61. The zero-order valence-corrected chi connectivity index (χ0v) is 7.10. The Bertz CT molecular complexity index is 217. The highest BCUT2D eigenvalue weighted by molar-refractivity contribution is 4.86. The summed E-state index contributed by atoms with van der Waals surface area (Å²) in [6.45, 7) is 4.28. The third kappa shape index (κ3) is 2.79. The molecule has 0 aliphatic heterocycles. The van der Waals surface area contributed by atoms with Crippen LogP contribution in [0.4, 0.5) is 0 Å². The van der Waals surface area contributed by atoms with Gasteiger partial charge in [-0.05, 0) is 13.8 Å². The lowest BCUT2D eigenvalue weighted by Crippen LogP contribution is -2.17. The largest absolute Gasteiger partial charge is 0.434 e. The fourth-order valence-corrected chi connectivity index (χ4v) is 0.707. The molecule has 0 saturated carbocycles. The zero-order valence-electron chi connectivity index (χ0n) is 7.10. The number of rotatable bonds is 4. The van der Waals surface area contributed by atoms with Crippen LogP contribution in [0.15, 0.2) is 12.7 Å². The third-order valence-electron chi connectivity index (χ3n) is 1.14. The van der Waals surface area contributed by atoms with E-state index < -0.39 is 0 Å². The lowest BCUT2D eigenvalue weighted by atomic mass is 10.7. The van der Waals surface area contributed by atoms with E-state index in [9.17, 15) is 0 Å². The Hall–Kier alpha value is -1.23. The molecule has 0 aliphatic carbocycles. The molecule has 0 saturated heterocycles. The molecule has 0 bridgehead atoms. The van der Waals surface area contributed by atoms with Crippen molar-refractivity contribution in [2.75, 3.05) is 6.61 Å². The Morgan fingerprint density at radius 1 is 1.42 bits per heavy atom. The minimum atomic E-state index is -0.322. The lowest BCUT2D eigenvalue weighted by Gasteiger charge is -2.11. The van der Waals surface area contributed by atoms with Crippen LogP contribution in [0.25, 0.3) is 0 Å². The van der Waals surface area contributed by atoms with Crippen molar-refractivity contribution < 1.29 is 9.47 Å². The van der Waals surface area contributed by atoms with Gasteiger partial charge in [-0.1, -0.05) is 0 Å². The van der Waals surface area contributed by atoms with Crippen molar-refractivity contribution in [1.82, 2.24) is 15.0 Å². The number of aromatic nitrogens is 3. The van der Waals surface area contributed by atoms with E-state index in [0.717, 1.165) is 0 Å². The predicted molar refractivity (Wildman–Crippen MR) is 41.5 cm³/mol. The molecule has 0 aromatic carbocycles. The second-order valence-corrected chi connectivity index (χ2v) is 2.06. The van der Waals surface area contributed by atoms with Gasteiger partial charge in [0.25, 0.3) is 0 Å². The monoisotopic (exact) mass is 169 g/mol. The van der Waals surface area contributed by atoms with Gasteiger partial charge in [0.05, 0.1) is 0 Å². The molecule has 0 spiro atoms. The van der Waals surface area contributed by atoms with Gasteiger partial charge < -0.3 is 9.47 Å². The van der Waals surface area contributed by atoms with Crippen molar-refractivity contribution in [3.05, 3.63) is 12.7 Å². The third-order valence-corrected chi connectivity index (χ3v) is 1.14. The molecule has 66 valence electrons. The van der Waals surface area contributed by atoms with Crippen LogP contribution >= 0.6 is 0 Å². The molecule has 1 atom stereocenters. The van der Waals surface area contributed by atoms with Gasteiger partial charge in [-0.15, -0.1) is 0 Å². The average molecular weight is 169 g/mol. The second-order valence-electron chi connectivity index (χ2n) is 2.06. The summed E-state index contributed by atoms with van der Waals surface area (Å²) in [5.74, 6) is 0. The minimum absolute atomic E-state index is 0.283. The fourth-order valence-electron chi connectivity index (χ4n) is 0.707. The summed E-state index contributed by atoms with van der Waals surface area (Å²) in [6.07, 6.45) is 2.43. The van der Waals surface area contributed by atoms with Gasteiger partial charge in [-0.25, -0.2) is 4.98 Å². The molecule has 1 unspecified atom stereocenters. The fraction of sp³-hybridized carbons (Fsp3) is 0.571. The first-order valence-electron chi connectivity index (χ1n) is 3.73. The first-order valence-corrected chi connectivity index (χ1v) is 3.73. The van der Waals surface area contributed by atoms with E-state index in [-0.39, 0.29) is 12.3 Å². The van der Waals surface area contributed by atoms with Crippen LogP contribution in [0.2, 0.25) is 0 Å².